The Morgan fingerprint density at radius 2 is 1.88 bits per heavy atom. The van der Waals surface area contributed by atoms with Crippen LogP contribution < -0.4 is 9.47 Å². The van der Waals surface area contributed by atoms with Gasteiger partial charge in [-0.25, -0.2) is 13.8 Å². The van der Waals surface area contributed by atoms with Crippen molar-refractivity contribution in [1.29, 1.82) is 0 Å². The van der Waals surface area contributed by atoms with Crippen molar-refractivity contribution in [2.24, 2.45) is 11.3 Å². The van der Waals surface area contributed by atoms with Gasteiger partial charge in [0.1, 0.15) is 22.8 Å². The number of phenolic OH excluding ortho intramolecular Hbond substituents is 1. The van der Waals surface area contributed by atoms with Gasteiger partial charge in [0.2, 0.25) is 5.88 Å². The van der Waals surface area contributed by atoms with Crippen LogP contribution in [0.25, 0.3) is 32.9 Å². The first-order chi connectivity index (χ1) is 25.1. The van der Waals surface area contributed by atoms with Gasteiger partial charge in [0, 0.05) is 41.5 Å². The molecule has 2 aliphatic heterocycles. The van der Waals surface area contributed by atoms with Crippen LogP contribution in [0, 0.1) is 35.3 Å². The van der Waals surface area contributed by atoms with E-state index in [9.17, 15) is 10.2 Å². The lowest BCUT2D eigenvalue weighted by Crippen LogP contribution is -2.53. The Morgan fingerprint density at radius 1 is 1.06 bits per heavy atom. The van der Waals surface area contributed by atoms with E-state index in [2.05, 4.69) is 15.8 Å². The van der Waals surface area contributed by atoms with Crippen LogP contribution in [0.15, 0.2) is 24.3 Å². The summed E-state index contributed by atoms with van der Waals surface area (Å²) in [4.78, 5) is 17.0. The molecule has 2 aromatic heterocycles. The normalized spacial score (nSPS) is 27.9. The Bertz CT molecular complexity index is 2060. The number of aromatic nitrogens is 3. The van der Waals surface area contributed by atoms with Crippen LogP contribution in [0.3, 0.4) is 0 Å². The van der Waals surface area contributed by atoms with Crippen LogP contribution >= 0.6 is 0 Å². The van der Waals surface area contributed by atoms with E-state index >= 15 is 8.78 Å². The van der Waals surface area contributed by atoms with E-state index in [1.807, 2.05) is 6.92 Å². The molecule has 11 heteroatoms. The van der Waals surface area contributed by atoms with Crippen molar-refractivity contribution in [1.82, 2.24) is 19.9 Å². The zero-order chi connectivity index (χ0) is 36.2. The fourth-order valence-electron chi connectivity index (χ4n) is 9.78. The number of fused-ring (bicyclic) bond motifs is 3. The third-order valence-corrected chi connectivity index (χ3v) is 12.2. The third kappa shape index (κ3) is 6.22. The van der Waals surface area contributed by atoms with E-state index in [-0.39, 0.29) is 56.7 Å². The largest absolute Gasteiger partial charge is 0.508 e. The van der Waals surface area contributed by atoms with Crippen molar-refractivity contribution in [3.05, 3.63) is 47.2 Å². The molecule has 2 unspecified atom stereocenters. The fourth-order valence-corrected chi connectivity index (χ4v) is 9.78. The molecule has 2 aromatic carbocycles. The van der Waals surface area contributed by atoms with Gasteiger partial charge in [-0.15, -0.1) is 6.42 Å². The van der Waals surface area contributed by atoms with Gasteiger partial charge in [-0.3, -0.25) is 4.90 Å². The third-order valence-electron chi connectivity index (χ3n) is 12.2. The number of methoxy groups -OCH3 is 1. The number of likely N-dealkylation sites (tertiary alicyclic amines) is 1. The zero-order valence-electron chi connectivity index (χ0n) is 29.9. The number of phenols is 1. The van der Waals surface area contributed by atoms with Gasteiger partial charge in [0.15, 0.2) is 5.82 Å². The summed E-state index contributed by atoms with van der Waals surface area (Å²) in [5.41, 5.74) is -0.717. The van der Waals surface area contributed by atoms with Crippen molar-refractivity contribution >= 4 is 21.7 Å². The Balaban J connectivity index is 1.25. The van der Waals surface area contributed by atoms with Crippen LogP contribution in [0.1, 0.15) is 88.3 Å². The molecule has 2 saturated carbocycles. The molecule has 4 heterocycles. The number of hydrogen-bond acceptors (Lipinski definition) is 9. The van der Waals surface area contributed by atoms with E-state index in [1.165, 1.54) is 31.4 Å². The monoisotopic (exact) mass is 712 g/mol. The van der Waals surface area contributed by atoms with Gasteiger partial charge < -0.3 is 24.4 Å². The number of aromatic hydroxyl groups is 1. The summed E-state index contributed by atoms with van der Waals surface area (Å²) < 4.78 is 50.4. The second-order valence-corrected chi connectivity index (χ2v) is 15.7. The molecule has 52 heavy (non-hydrogen) atoms. The lowest BCUT2D eigenvalue weighted by Gasteiger charge is -2.47. The second kappa shape index (κ2) is 13.7. The fraction of sp³-hybridized carbons (Fsp3) is 0.537. The molecule has 4 aromatic rings. The maximum Gasteiger partial charge on any atom is 0.317 e. The highest BCUT2D eigenvalue weighted by Crippen LogP contribution is 2.49. The van der Waals surface area contributed by atoms with Gasteiger partial charge in [-0.1, -0.05) is 18.4 Å². The number of piperidine rings is 1. The number of ether oxygens (including phenoxy) is 3. The molecule has 4 aliphatic rings. The van der Waals surface area contributed by atoms with Crippen molar-refractivity contribution < 1.29 is 33.2 Å². The first-order valence-corrected chi connectivity index (χ1v) is 18.6. The standard InChI is InChI=1S/C41H46F2N4O5/c1-4-28-30(42)11-10-25-18-27(48)19-29(32(25)28)36-34(43)37-33(38(44-36)50-3)35(26-8-5-13-40(2,49)20-26)45-39(46-37)52-23-41-14-6-9-31(41)47(16-7-15-41)21-24-12-17-51-22-24/h1,10-11,18-19,24,26,31,48-49H,5-9,12-17,20-23H2,2-3H3/t24?,26?,31-,40-,41-/m1/s1. The predicted octanol–water partition coefficient (Wildman–Crippen LogP) is 7.28. The predicted molar refractivity (Wildman–Crippen MR) is 193 cm³/mol. The average molecular weight is 713 g/mol. The highest BCUT2D eigenvalue weighted by atomic mass is 19.1. The van der Waals surface area contributed by atoms with Crippen LogP contribution in [-0.4, -0.2) is 81.7 Å². The maximum absolute atomic E-state index is 17.2. The number of benzene rings is 2. The Kier molecular flexibility index (Phi) is 9.21. The van der Waals surface area contributed by atoms with Crippen LogP contribution in [0.5, 0.6) is 17.6 Å². The van der Waals surface area contributed by atoms with Crippen molar-refractivity contribution in [3.63, 3.8) is 0 Å². The van der Waals surface area contributed by atoms with Crippen LogP contribution in [-0.2, 0) is 4.74 Å². The molecule has 0 radical (unpaired) electrons. The Labute approximate surface area is 302 Å². The summed E-state index contributed by atoms with van der Waals surface area (Å²) >= 11 is 0. The highest BCUT2D eigenvalue weighted by molar-refractivity contribution is 6.03. The SMILES string of the molecule is C#Cc1c(F)ccc2cc(O)cc(-c3nc(OC)c4c(C5CCC[C@@](C)(O)C5)nc(OC[C@]56CCC[C@H]5N(CC5CCOC5)CCC6)nc4c3F)c12. The lowest BCUT2D eigenvalue weighted by molar-refractivity contribution is -0.00829. The van der Waals surface area contributed by atoms with E-state index < -0.39 is 17.2 Å². The van der Waals surface area contributed by atoms with Gasteiger partial charge >= 0.3 is 6.01 Å². The lowest BCUT2D eigenvalue weighted by atomic mass is 9.75. The zero-order valence-corrected chi connectivity index (χ0v) is 29.9. The molecule has 4 fully saturated rings. The number of rotatable bonds is 8. The van der Waals surface area contributed by atoms with Crippen LogP contribution in [0.2, 0.25) is 0 Å². The number of aliphatic hydroxyl groups is 1. The number of pyridine rings is 1. The minimum Gasteiger partial charge on any atom is -0.508 e. The summed E-state index contributed by atoms with van der Waals surface area (Å²) in [5.74, 6) is 1.16. The summed E-state index contributed by atoms with van der Waals surface area (Å²) in [6, 6.07) is 5.91. The minimum atomic E-state index is -0.928. The van der Waals surface area contributed by atoms with Gasteiger partial charge in [-0.2, -0.15) is 9.97 Å². The number of nitrogens with zero attached hydrogens (tertiary/aromatic N) is 4. The van der Waals surface area contributed by atoms with Gasteiger partial charge in [0.05, 0.1) is 42.6 Å². The Morgan fingerprint density at radius 3 is 2.65 bits per heavy atom. The van der Waals surface area contributed by atoms with Crippen molar-refractivity contribution in [2.75, 3.05) is 40.0 Å². The molecule has 5 atom stereocenters. The van der Waals surface area contributed by atoms with E-state index in [0.717, 1.165) is 77.7 Å². The summed E-state index contributed by atoms with van der Waals surface area (Å²) in [6.07, 6.45) is 14.8. The molecule has 0 bridgehead atoms. The summed E-state index contributed by atoms with van der Waals surface area (Å²) in [6.45, 7) is 5.96. The number of hydrogen-bond donors (Lipinski definition) is 2. The highest BCUT2D eigenvalue weighted by Gasteiger charge is 2.49. The molecule has 2 saturated heterocycles. The summed E-state index contributed by atoms with van der Waals surface area (Å²) in [5, 5.41) is 22.8. The van der Waals surface area contributed by atoms with Crippen molar-refractivity contribution in [3.8, 4) is 41.2 Å². The molecule has 2 N–H and O–H groups in total. The molecule has 274 valence electrons. The Hall–Kier alpha value is -4.11. The average Bonchev–Trinajstić information content (AvgIpc) is 3.81. The maximum atomic E-state index is 17.2. The molecular formula is C41H46F2N4O5. The molecule has 0 amide bonds. The van der Waals surface area contributed by atoms with Crippen LogP contribution in [0.4, 0.5) is 8.78 Å². The number of terminal acetylenes is 1. The summed E-state index contributed by atoms with van der Waals surface area (Å²) in [7, 11) is 1.44. The molecule has 8 rings (SSSR count). The van der Waals surface area contributed by atoms with Gasteiger partial charge in [0.25, 0.3) is 0 Å². The second-order valence-electron chi connectivity index (χ2n) is 15.7. The quantitative estimate of drug-likeness (QED) is 0.182. The van der Waals surface area contributed by atoms with Gasteiger partial charge in [-0.05, 0) is 101 Å². The minimum absolute atomic E-state index is 0.0586. The first-order valence-electron chi connectivity index (χ1n) is 18.6. The topological polar surface area (TPSA) is 110 Å². The molecule has 0 spiro atoms. The number of halogens is 2. The molecule has 2 aliphatic carbocycles. The smallest absolute Gasteiger partial charge is 0.317 e. The molecule has 9 nitrogen and oxygen atoms in total. The molecular weight excluding hydrogens is 666 g/mol. The van der Waals surface area contributed by atoms with E-state index in [4.69, 9.17) is 30.6 Å². The van der Waals surface area contributed by atoms with Crippen molar-refractivity contribution in [2.45, 2.75) is 88.7 Å². The van der Waals surface area contributed by atoms with E-state index in [0.29, 0.717) is 47.9 Å². The van der Waals surface area contributed by atoms with E-state index in [1.54, 1.807) is 0 Å². The first kappa shape index (κ1) is 34.9.